The minimum atomic E-state index is 0.176. The van der Waals surface area contributed by atoms with Gasteiger partial charge in [0.15, 0.2) is 5.96 Å². The van der Waals surface area contributed by atoms with Crippen LogP contribution in [0.25, 0.3) is 11.5 Å². The van der Waals surface area contributed by atoms with E-state index < -0.39 is 0 Å². The van der Waals surface area contributed by atoms with Gasteiger partial charge in [0, 0.05) is 25.3 Å². The molecule has 1 aromatic carbocycles. The van der Waals surface area contributed by atoms with Gasteiger partial charge in [0.1, 0.15) is 12.0 Å². The van der Waals surface area contributed by atoms with E-state index in [0.717, 1.165) is 36.7 Å². The van der Waals surface area contributed by atoms with Gasteiger partial charge in [-0.25, -0.2) is 9.98 Å². The van der Waals surface area contributed by atoms with E-state index in [4.69, 9.17) is 4.42 Å². The van der Waals surface area contributed by atoms with Crippen LogP contribution in [0.15, 0.2) is 39.9 Å². The summed E-state index contributed by atoms with van der Waals surface area (Å²) in [6, 6.07) is 8.14. The second kappa shape index (κ2) is 10.4. The number of hydrogen-bond donors (Lipinski definition) is 3. The van der Waals surface area contributed by atoms with Crippen molar-refractivity contribution in [3.63, 3.8) is 0 Å². The summed E-state index contributed by atoms with van der Waals surface area (Å²) >= 11 is 0. The minimum Gasteiger partial charge on any atom is -0.444 e. The number of nitrogens with one attached hydrogen (secondary N) is 2. The van der Waals surface area contributed by atoms with E-state index in [0.29, 0.717) is 12.4 Å². The predicted molar refractivity (Wildman–Crippen MR) is 117 cm³/mol. The second-order valence-corrected chi connectivity index (χ2v) is 8.09. The Morgan fingerprint density at radius 2 is 1.93 bits per heavy atom. The van der Waals surface area contributed by atoms with Crippen LogP contribution in [-0.2, 0) is 6.54 Å². The molecule has 6 nitrogen and oxygen atoms in total. The lowest BCUT2D eigenvalue weighted by Crippen LogP contribution is -2.44. The Morgan fingerprint density at radius 1 is 1.17 bits per heavy atom. The van der Waals surface area contributed by atoms with E-state index in [1.807, 2.05) is 12.1 Å². The first kappa shape index (κ1) is 21.4. The number of benzene rings is 1. The Labute approximate surface area is 173 Å². The zero-order valence-electron chi connectivity index (χ0n) is 17.7. The molecule has 29 heavy (non-hydrogen) atoms. The Bertz CT molecular complexity index is 771. The van der Waals surface area contributed by atoms with Gasteiger partial charge in [-0.05, 0) is 50.7 Å². The van der Waals surface area contributed by atoms with Crippen LogP contribution in [0.3, 0.4) is 0 Å². The third-order valence-electron chi connectivity index (χ3n) is 5.78. The number of oxazole rings is 1. The fourth-order valence-corrected chi connectivity index (χ4v) is 4.04. The fourth-order valence-electron chi connectivity index (χ4n) is 4.04. The molecule has 2 aromatic rings. The highest BCUT2D eigenvalue weighted by atomic mass is 16.3. The van der Waals surface area contributed by atoms with Gasteiger partial charge in [-0.15, -0.1) is 0 Å². The van der Waals surface area contributed by atoms with Crippen molar-refractivity contribution in [2.75, 3.05) is 19.7 Å². The molecule has 1 fully saturated rings. The monoisotopic (exact) mass is 398 g/mol. The number of aliphatic imine (C=N–C) groups is 1. The molecule has 1 heterocycles. The van der Waals surface area contributed by atoms with Crippen LogP contribution in [0.2, 0.25) is 0 Å². The highest BCUT2D eigenvalue weighted by Gasteiger charge is 2.31. The second-order valence-electron chi connectivity index (χ2n) is 8.09. The normalized spacial score (nSPS) is 16.6. The van der Waals surface area contributed by atoms with Gasteiger partial charge in [0.2, 0.25) is 5.89 Å². The average Bonchev–Trinajstić information content (AvgIpc) is 3.21. The van der Waals surface area contributed by atoms with Crippen molar-refractivity contribution in [2.24, 2.45) is 10.4 Å². The van der Waals surface area contributed by atoms with E-state index >= 15 is 0 Å². The standard InChI is InChI=1S/C23H34N4O2/c1-3-24-22(26-17-23(13-14-28)11-5-4-6-12-23)25-15-20-16-29-21(27-20)19-9-7-18(2)8-10-19/h7-10,16,28H,3-6,11-15,17H2,1-2H3,(H2,24,25,26). The lowest BCUT2D eigenvalue weighted by molar-refractivity contribution is 0.131. The van der Waals surface area contributed by atoms with E-state index in [2.05, 4.69) is 46.6 Å². The molecular formula is C23H34N4O2. The summed E-state index contributed by atoms with van der Waals surface area (Å²) in [6.07, 6.45) is 8.66. The first-order valence-corrected chi connectivity index (χ1v) is 10.8. The molecule has 0 bridgehead atoms. The number of aromatic nitrogens is 1. The quantitative estimate of drug-likeness (QED) is 0.462. The lowest BCUT2D eigenvalue weighted by Gasteiger charge is -2.37. The van der Waals surface area contributed by atoms with Crippen LogP contribution in [0, 0.1) is 12.3 Å². The molecule has 3 rings (SSSR count). The van der Waals surface area contributed by atoms with Crippen LogP contribution in [0.5, 0.6) is 0 Å². The van der Waals surface area contributed by atoms with E-state index in [1.54, 1.807) is 6.26 Å². The molecule has 158 valence electrons. The summed E-state index contributed by atoms with van der Waals surface area (Å²) in [4.78, 5) is 9.26. The summed E-state index contributed by atoms with van der Waals surface area (Å²) < 4.78 is 5.64. The van der Waals surface area contributed by atoms with Crippen molar-refractivity contribution >= 4 is 5.96 Å². The molecule has 0 aliphatic heterocycles. The maximum absolute atomic E-state index is 9.52. The molecule has 0 saturated heterocycles. The topological polar surface area (TPSA) is 82.7 Å². The number of hydrogen-bond acceptors (Lipinski definition) is 4. The summed E-state index contributed by atoms with van der Waals surface area (Å²) in [5.74, 6) is 1.41. The number of aryl methyl sites for hydroxylation is 1. The van der Waals surface area contributed by atoms with Crippen LogP contribution in [-0.4, -0.2) is 35.7 Å². The molecule has 3 N–H and O–H groups in total. The summed E-state index contributed by atoms with van der Waals surface area (Å²) in [5, 5.41) is 16.3. The molecule has 1 aromatic heterocycles. The minimum absolute atomic E-state index is 0.176. The number of nitrogens with zero attached hydrogens (tertiary/aromatic N) is 2. The van der Waals surface area contributed by atoms with Gasteiger partial charge in [0.05, 0.1) is 6.54 Å². The summed E-state index contributed by atoms with van der Waals surface area (Å²) in [5.41, 5.74) is 3.17. The van der Waals surface area contributed by atoms with Gasteiger partial charge in [0.25, 0.3) is 0 Å². The van der Waals surface area contributed by atoms with Crippen LogP contribution in [0.4, 0.5) is 0 Å². The van der Waals surface area contributed by atoms with Crippen molar-refractivity contribution in [1.82, 2.24) is 15.6 Å². The third-order valence-corrected chi connectivity index (χ3v) is 5.78. The molecule has 6 heteroatoms. The van der Waals surface area contributed by atoms with Crippen molar-refractivity contribution in [2.45, 2.75) is 58.9 Å². The Hall–Kier alpha value is -2.34. The Balaban J connectivity index is 1.62. The third kappa shape index (κ3) is 6.07. The molecule has 0 amide bonds. The van der Waals surface area contributed by atoms with Crippen LogP contribution < -0.4 is 10.6 Å². The lowest BCUT2D eigenvalue weighted by atomic mass is 9.72. The van der Waals surface area contributed by atoms with Gasteiger partial charge < -0.3 is 20.2 Å². The molecule has 0 atom stereocenters. The number of rotatable bonds is 8. The van der Waals surface area contributed by atoms with E-state index in [1.165, 1.54) is 37.7 Å². The molecular weight excluding hydrogens is 364 g/mol. The van der Waals surface area contributed by atoms with Gasteiger partial charge >= 0.3 is 0 Å². The molecule has 0 spiro atoms. The maximum atomic E-state index is 9.52. The zero-order valence-corrected chi connectivity index (χ0v) is 17.7. The van der Waals surface area contributed by atoms with Gasteiger partial charge in [-0.2, -0.15) is 0 Å². The largest absolute Gasteiger partial charge is 0.444 e. The average molecular weight is 399 g/mol. The molecule has 0 unspecified atom stereocenters. The first-order valence-electron chi connectivity index (χ1n) is 10.8. The van der Waals surface area contributed by atoms with Crippen molar-refractivity contribution < 1.29 is 9.52 Å². The molecule has 0 radical (unpaired) electrons. The zero-order chi connectivity index (χ0) is 20.5. The SMILES string of the molecule is CCNC(=NCc1coc(-c2ccc(C)cc2)n1)NCC1(CCO)CCCCC1. The highest BCUT2D eigenvalue weighted by molar-refractivity contribution is 5.79. The number of aliphatic hydroxyl groups excluding tert-OH is 1. The molecule has 1 aliphatic rings. The van der Waals surface area contributed by atoms with Crippen LogP contribution in [0.1, 0.15) is 56.7 Å². The fraction of sp³-hybridized carbons (Fsp3) is 0.565. The predicted octanol–water partition coefficient (Wildman–Crippen LogP) is 4.04. The van der Waals surface area contributed by atoms with Crippen molar-refractivity contribution in [1.29, 1.82) is 0 Å². The summed E-state index contributed by atoms with van der Waals surface area (Å²) in [6.45, 7) is 6.46. The van der Waals surface area contributed by atoms with E-state index in [9.17, 15) is 5.11 Å². The highest BCUT2D eigenvalue weighted by Crippen LogP contribution is 2.38. The number of aliphatic hydroxyl groups is 1. The van der Waals surface area contributed by atoms with Gasteiger partial charge in [-0.1, -0.05) is 37.0 Å². The Morgan fingerprint density at radius 3 is 2.62 bits per heavy atom. The maximum Gasteiger partial charge on any atom is 0.226 e. The molecule has 1 aliphatic carbocycles. The summed E-state index contributed by atoms with van der Waals surface area (Å²) in [7, 11) is 0. The molecule has 1 saturated carbocycles. The van der Waals surface area contributed by atoms with E-state index in [-0.39, 0.29) is 12.0 Å². The first-order chi connectivity index (χ1) is 14.1. The van der Waals surface area contributed by atoms with Gasteiger partial charge in [-0.3, -0.25) is 0 Å². The van der Waals surface area contributed by atoms with Crippen molar-refractivity contribution in [3.8, 4) is 11.5 Å². The number of guanidine groups is 1. The smallest absolute Gasteiger partial charge is 0.226 e. The van der Waals surface area contributed by atoms with Crippen LogP contribution >= 0.6 is 0 Å². The van der Waals surface area contributed by atoms with Crippen molar-refractivity contribution in [3.05, 3.63) is 41.8 Å². The Kier molecular flexibility index (Phi) is 7.69.